The summed E-state index contributed by atoms with van der Waals surface area (Å²) in [5.41, 5.74) is 1.69. The Morgan fingerprint density at radius 2 is 1.88 bits per heavy atom. The van der Waals surface area contributed by atoms with E-state index in [1.54, 1.807) is 30.3 Å². The summed E-state index contributed by atoms with van der Waals surface area (Å²) in [7, 11) is -0.830. The molecule has 7 heteroatoms. The molecule has 0 saturated carbocycles. The van der Waals surface area contributed by atoms with Crippen LogP contribution in [-0.4, -0.2) is 45.8 Å². The number of carbonyl (C=O) groups excluding carboxylic acids is 1. The molecule has 0 saturated heterocycles. The molecule has 2 rings (SSSR count). The predicted octanol–water partition coefficient (Wildman–Crippen LogP) is 1.92. The molecule has 0 heterocycles. The molecule has 0 bridgehead atoms. The van der Waals surface area contributed by atoms with Gasteiger partial charge in [0.25, 0.3) is 0 Å². The van der Waals surface area contributed by atoms with E-state index in [4.69, 9.17) is 0 Å². The minimum absolute atomic E-state index is 0.238. The second kappa shape index (κ2) is 8.30. The van der Waals surface area contributed by atoms with Crippen LogP contribution in [0.2, 0.25) is 0 Å². The molecule has 1 amide bonds. The summed E-state index contributed by atoms with van der Waals surface area (Å²) < 4.78 is 27.3. The van der Waals surface area contributed by atoms with E-state index in [2.05, 4.69) is 11.4 Å². The van der Waals surface area contributed by atoms with Crippen LogP contribution in [0, 0.1) is 0 Å². The van der Waals surface area contributed by atoms with Gasteiger partial charge in [-0.3, -0.25) is 4.79 Å². The molecule has 132 valence electrons. The van der Waals surface area contributed by atoms with Gasteiger partial charge in [-0.05, 0) is 37.8 Å². The van der Waals surface area contributed by atoms with Crippen LogP contribution in [0.4, 0.5) is 5.69 Å². The summed E-state index contributed by atoms with van der Waals surface area (Å²) in [6, 6.07) is 8.66. The summed E-state index contributed by atoms with van der Waals surface area (Å²) in [4.78, 5) is 12.3. The van der Waals surface area contributed by atoms with Gasteiger partial charge in [0.1, 0.15) is 6.54 Å². The first kappa shape index (κ1) is 18.5. The number of carbonyl (C=O) groups is 1. The van der Waals surface area contributed by atoms with Gasteiger partial charge in [0.05, 0.1) is 5.69 Å². The third kappa shape index (κ3) is 4.82. The third-order valence-corrected chi connectivity index (χ3v) is 5.79. The molecule has 0 aliphatic heterocycles. The van der Waals surface area contributed by atoms with Crippen molar-refractivity contribution in [2.75, 3.05) is 31.5 Å². The number of hydrogen-bond donors (Lipinski definition) is 1. The fourth-order valence-electron chi connectivity index (χ4n) is 2.56. The van der Waals surface area contributed by atoms with Crippen molar-refractivity contribution in [1.29, 1.82) is 0 Å². The Morgan fingerprint density at radius 1 is 1.17 bits per heavy atom. The summed E-state index contributed by atoms with van der Waals surface area (Å²) in [6.45, 7) is 0.251. The number of rotatable bonds is 7. The average Bonchev–Trinajstić information content (AvgIpc) is 2.59. The first-order valence-corrected chi connectivity index (χ1v) is 9.51. The van der Waals surface area contributed by atoms with Crippen LogP contribution < -0.4 is 9.62 Å². The van der Waals surface area contributed by atoms with Gasteiger partial charge in [-0.15, -0.1) is 0 Å². The number of hydrogen-bond acceptors (Lipinski definition) is 3. The first-order valence-electron chi connectivity index (χ1n) is 8.11. The highest BCUT2D eigenvalue weighted by molar-refractivity contribution is 7.90. The minimum atomic E-state index is -3.74. The molecule has 6 nitrogen and oxygen atoms in total. The van der Waals surface area contributed by atoms with Gasteiger partial charge in [0.15, 0.2) is 0 Å². The lowest BCUT2D eigenvalue weighted by molar-refractivity contribution is -0.119. The highest BCUT2D eigenvalue weighted by Gasteiger charge is 2.27. The number of nitrogens with one attached hydrogen (secondary N) is 1. The molecule has 0 radical (unpaired) electrons. The van der Waals surface area contributed by atoms with Crippen molar-refractivity contribution in [3.05, 3.63) is 42.0 Å². The summed E-state index contributed by atoms with van der Waals surface area (Å²) in [5.74, 6) is -0.309. The highest BCUT2D eigenvalue weighted by atomic mass is 32.2. The van der Waals surface area contributed by atoms with Gasteiger partial charge in [-0.1, -0.05) is 29.8 Å². The first-order chi connectivity index (χ1) is 11.4. The van der Waals surface area contributed by atoms with Gasteiger partial charge in [0, 0.05) is 20.6 Å². The van der Waals surface area contributed by atoms with Crippen LogP contribution in [0.25, 0.3) is 0 Å². The second-order valence-corrected chi connectivity index (χ2v) is 8.08. The Bertz CT molecular complexity index is 684. The highest BCUT2D eigenvalue weighted by Crippen LogP contribution is 2.19. The molecule has 0 unspecified atom stereocenters. The van der Waals surface area contributed by atoms with E-state index >= 15 is 0 Å². The van der Waals surface area contributed by atoms with E-state index in [1.165, 1.54) is 26.1 Å². The normalized spacial score (nSPS) is 15.0. The Labute approximate surface area is 144 Å². The number of allylic oxidation sites excluding steroid dienone is 1. The molecule has 1 aromatic rings. The Balaban J connectivity index is 2.08. The zero-order valence-corrected chi connectivity index (χ0v) is 15.1. The lowest BCUT2D eigenvalue weighted by Crippen LogP contribution is -2.46. The van der Waals surface area contributed by atoms with Crippen molar-refractivity contribution in [2.45, 2.75) is 25.7 Å². The maximum Gasteiger partial charge on any atom is 0.304 e. The van der Waals surface area contributed by atoms with Gasteiger partial charge in [0.2, 0.25) is 5.91 Å². The number of para-hydroxylation sites is 1. The zero-order chi connectivity index (χ0) is 17.6. The molecule has 0 atom stereocenters. The quantitative estimate of drug-likeness (QED) is 0.763. The topological polar surface area (TPSA) is 69.7 Å². The molecular formula is C17H25N3O3S. The van der Waals surface area contributed by atoms with E-state index in [0.717, 1.165) is 27.9 Å². The average molecular weight is 351 g/mol. The third-order valence-electron chi connectivity index (χ3n) is 3.97. The number of benzene rings is 1. The van der Waals surface area contributed by atoms with E-state index in [0.29, 0.717) is 12.2 Å². The van der Waals surface area contributed by atoms with Crippen molar-refractivity contribution >= 4 is 21.8 Å². The molecule has 1 aliphatic carbocycles. The van der Waals surface area contributed by atoms with E-state index in [-0.39, 0.29) is 12.5 Å². The van der Waals surface area contributed by atoms with Crippen molar-refractivity contribution in [2.24, 2.45) is 0 Å². The van der Waals surface area contributed by atoms with E-state index in [1.807, 2.05) is 0 Å². The van der Waals surface area contributed by atoms with Crippen molar-refractivity contribution < 1.29 is 13.2 Å². The molecule has 0 aromatic heterocycles. The summed E-state index contributed by atoms with van der Waals surface area (Å²) in [6.07, 6.45) is 6.55. The van der Waals surface area contributed by atoms with Crippen LogP contribution in [0.5, 0.6) is 0 Å². The molecular weight excluding hydrogens is 326 g/mol. The van der Waals surface area contributed by atoms with Crippen LogP contribution in [0.15, 0.2) is 42.0 Å². The summed E-state index contributed by atoms with van der Waals surface area (Å²) in [5, 5.41) is 2.83. The summed E-state index contributed by atoms with van der Waals surface area (Å²) >= 11 is 0. The Kier molecular flexibility index (Phi) is 6.39. The lowest BCUT2D eigenvalue weighted by atomic mass is 10.00. The SMILES string of the molecule is CN(C)S(=O)(=O)N(CC(=O)NCC1=CCCCC1)c1ccccc1. The van der Waals surface area contributed by atoms with Crippen molar-refractivity contribution in [1.82, 2.24) is 9.62 Å². The van der Waals surface area contributed by atoms with Crippen LogP contribution in [-0.2, 0) is 15.0 Å². The number of amides is 1. The second-order valence-electron chi connectivity index (χ2n) is 6.02. The van der Waals surface area contributed by atoms with Crippen molar-refractivity contribution in [3.8, 4) is 0 Å². The zero-order valence-electron chi connectivity index (χ0n) is 14.2. The van der Waals surface area contributed by atoms with Crippen molar-refractivity contribution in [3.63, 3.8) is 0 Å². The maximum absolute atomic E-state index is 12.5. The van der Waals surface area contributed by atoms with Crippen LogP contribution in [0.3, 0.4) is 0 Å². The van der Waals surface area contributed by atoms with E-state index in [9.17, 15) is 13.2 Å². The molecule has 0 spiro atoms. The molecule has 1 aromatic carbocycles. The van der Waals surface area contributed by atoms with Gasteiger partial charge in [-0.25, -0.2) is 4.31 Å². The van der Waals surface area contributed by atoms with E-state index < -0.39 is 10.2 Å². The number of anilines is 1. The Hall–Kier alpha value is -1.86. The van der Waals surface area contributed by atoms with Crippen LogP contribution >= 0.6 is 0 Å². The van der Waals surface area contributed by atoms with Gasteiger partial charge >= 0.3 is 10.2 Å². The monoisotopic (exact) mass is 351 g/mol. The van der Waals surface area contributed by atoms with Gasteiger partial charge < -0.3 is 5.32 Å². The minimum Gasteiger partial charge on any atom is -0.351 e. The van der Waals surface area contributed by atoms with Crippen LogP contribution in [0.1, 0.15) is 25.7 Å². The predicted molar refractivity (Wildman–Crippen MR) is 96.0 cm³/mol. The fraction of sp³-hybridized carbons (Fsp3) is 0.471. The standard InChI is InChI=1S/C17H25N3O3S/c1-19(2)24(22,23)20(16-11-7-4-8-12-16)14-17(21)18-13-15-9-5-3-6-10-15/h4,7-9,11-12H,3,5-6,10,13-14H2,1-2H3,(H,18,21). The number of nitrogens with zero attached hydrogens (tertiary/aromatic N) is 2. The maximum atomic E-state index is 12.5. The largest absolute Gasteiger partial charge is 0.351 e. The molecule has 1 aliphatic rings. The molecule has 24 heavy (non-hydrogen) atoms. The smallest absolute Gasteiger partial charge is 0.304 e. The van der Waals surface area contributed by atoms with Gasteiger partial charge in [-0.2, -0.15) is 12.7 Å². The molecule has 0 fully saturated rings. The fourth-order valence-corrected chi connectivity index (χ4v) is 3.62. The molecule has 1 N–H and O–H groups in total. The Morgan fingerprint density at radius 3 is 2.46 bits per heavy atom. The lowest BCUT2D eigenvalue weighted by Gasteiger charge is -2.27.